The predicted molar refractivity (Wildman–Crippen MR) is 100 cm³/mol. The lowest BCUT2D eigenvalue weighted by atomic mass is 10.1. The maximum Gasteiger partial charge on any atom is 0.315 e. The molecule has 1 aromatic carbocycles. The minimum Gasteiger partial charge on any atom is -0.379 e. The van der Waals surface area contributed by atoms with E-state index in [0.717, 1.165) is 44.1 Å². The minimum absolute atomic E-state index is 0.0480. The molecule has 3 rings (SSSR count). The van der Waals surface area contributed by atoms with Crippen molar-refractivity contribution in [1.82, 2.24) is 15.5 Å². The topological polar surface area (TPSA) is 73.9 Å². The van der Waals surface area contributed by atoms with E-state index in [1.54, 1.807) is 4.90 Å². The van der Waals surface area contributed by atoms with Crippen molar-refractivity contribution in [1.29, 1.82) is 0 Å². The van der Waals surface area contributed by atoms with E-state index in [9.17, 15) is 9.59 Å². The molecular formula is C19H28N4O3. The molecule has 2 N–H and O–H groups in total. The van der Waals surface area contributed by atoms with Crippen molar-refractivity contribution in [2.45, 2.75) is 26.3 Å². The molecule has 7 heteroatoms. The van der Waals surface area contributed by atoms with Crippen LogP contribution >= 0.6 is 0 Å². The average molecular weight is 360 g/mol. The van der Waals surface area contributed by atoms with E-state index in [4.69, 9.17) is 4.74 Å². The number of carbonyl (C=O) groups excluding carboxylic acids is 2. The van der Waals surface area contributed by atoms with Crippen molar-refractivity contribution in [3.8, 4) is 0 Å². The Bertz CT molecular complexity index is 658. The second-order valence-corrected chi connectivity index (χ2v) is 7.03. The highest BCUT2D eigenvalue weighted by atomic mass is 16.5. The van der Waals surface area contributed by atoms with E-state index in [2.05, 4.69) is 22.5 Å². The number of amides is 3. The standard InChI is InChI=1S/C19H28N4O3/c1-14-3-4-17(11-15(14)2)23-13-16(12-18(23)24)21-19(25)20-5-6-22-7-9-26-10-8-22/h3-4,11,16H,5-10,12-13H2,1-2H3,(H2,20,21,25)/t16-/m0/s1. The molecule has 0 spiro atoms. The summed E-state index contributed by atoms with van der Waals surface area (Å²) in [7, 11) is 0. The molecule has 2 heterocycles. The Kier molecular flexibility index (Phi) is 6.11. The Balaban J connectivity index is 1.44. The predicted octanol–water partition coefficient (Wildman–Crippen LogP) is 1.04. The van der Waals surface area contributed by atoms with Crippen molar-refractivity contribution in [3.05, 3.63) is 29.3 Å². The van der Waals surface area contributed by atoms with Gasteiger partial charge >= 0.3 is 6.03 Å². The van der Waals surface area contributed by atoms with E-state index >= 15 is 0 Å². The number of hydrogen-bond acceptors (Lipinski definition) is 4. The van der Waals surface area contributed by atoms with Gasteiger partial charge in [0.25, 0.3) is 0 Å². The molecule has 2 saturated heterocycles. The van der Waals surface area contributed by atoms with Crippen LogP contribution in [-0.4, -0.2) is 68.8 Å². The number of anilines is 1. The van der Waals surface area contributed by atoms with Crippen molar-refractivity contribution in [3.63, 3.8) is 0 Å². The molecule has 1 atom stereocenters. The Morgan fingerprint density at radius 3 is 2.73 bits per heavy atom. The third-order valence-corrected chi connectivity index (χ3v) is 5.08. The Morgan fingerprint density at radius 2 is 2.00 bits per heavy atom. The van der Waals surface area contributed by atoms with Crippen molar-refractivity contribution < 1.29 is 14.3 Å². The van der Waals surface area contributed by atoms with Crippen LogP contribution in [0.1, 0.15) is 17.5 Å². The summed E-state index contributed by atoms with van der Waals surface area (Å²) in [5.74, 6) is 0.0480. The SMILES string of the molecule is Cc1ccc(N2C[C@@H](NC(=O)NCCN3CCOCC3)CC2=O)cc1C. The number of ether oxygens (including phenoxy) is 1. The number of urea groups is 1. The molecule has 0 bridgehead atoms. The summed E-state index contributed by atoms with van der Waals surface area (Å²) in [5.41, 5.74) is 3.26. The van der Waals surface area contributed by atoms with Crippen LogP contribution < -0.4 is 15.5 Å². The summed E-state index contributed by atoms with van der Waals surface area (Å²) in [4.78, 5) is 28.4. The van der Waals surface area contributed by atoms with Crippen molar-refractivity contribution in [2.75, 3.05) is 50.8 Å². The van der Waals surface area contributed by atoms with E-state index in [1.807, 2.05) is 25.1 Å². The molecule has 2 fully saturated rings. The molecule has 26 heavy (non-hydrogen) atoms. The van der Waals surface area contributed by atoms with Crippen molar-refractivity contribution >= 4 is 17.6 Å². The highest BCUT2D eigenvalue weighted by Crippen LogP contribution is 2.24. The maximum absolute atomic E-state index is 12.3. The van der Waals surface area contributed by atoms with Gasteiger partial charge in [0.2, 0.25) is 5.91 Å². The summed E-state index contributed by atoms with van der Waals surface area (Å²) in [5, 5.41) is 5.80. The van der Waals surface area contributed by atoms with Gasteiger partial charge in [-0.15, -0.1) is 0 Å². The number of carbonyl (C=O) groups is 2. The molecule has 142 valence electrons. The largest absolute Gasteiger partial charge is 0.379 e. The molecule has 7 nitrogen and oxygen atoms in total. The highest BCUT2D eigenvalue weighted by molar-refractivity contribution is 5.96. The molecule has 0 aliphatic carbocycles. The number of rotatable bonds is 5. The van der Waals surface area contributed by atoms with Gasteiger partial charge in [0, 0.05) is 44.8 Å². The Labute approximate surface area is 154 Å². The lowest BCUT2D eigenvalue weighted by Gasteiger charge is -2.26. The first-order chi connectivity index (χ1) is 12.5. The van der Waals surface area contributed by atoms with Gasteiger partial charge in [-0.3, -0.25) is 9.69 Å². The van der Waals surface area contributed by atoms with Gasteiger partial charge in [-0.2, -0.15) is 0 Å². The molecule has 0 aromatic heterocycles. The first-order valence-corrected chi connectivity index (χ1v) is 9.25. The summed E-state index contributed by atoms with van der Waals surface area (Å²) >= 11 is 0. The van der Waals surface area contributed by atoms with Crippen LogP contribution in [0, 0.1) is 13.8 Å². The van der Waals surface area contributed by atoms with E-state index < -0.39 is 0 Å². The molecular weight excluding hydrogens is 332 g/mol. The fraction of sp³-hybridized carbons (Fsp3) is 0.579. The zero-order valence-corrected chi connectivity index (χ0v) is 15.6. The third-order valence-electron chi connectivity index (χ3n) is 5.08. The van der Waals surface area contributed by atoms with Gasteiger partial charge in [0.15, 0.2) is 0 Å². The van der Waals surface area contributed by atoms with E-state index in [0.29, 0.717) is 19.5 Å². The first-order valence-electron chi connectivity index (χ1n) is 9.25. The van der Waals surface area contributed by atoms with E-state index in [-0.39, 0.29) is 18.0 Å². The summed E-state index contributed by atoms with van der Waals surface area (Å²) in [6, 6.07) is 5.64. The number of benzene rings is 1. The van der Waals surface area contributed by atoms with Gasteiger partial charge in [-0.05, 0) is 37.1 Å². The van der Waals surface area contributed by atoms with Crippen LogP contribution in [0.2, 0.25) is 0 Å². The van der Waals surface area contributed by atoms with Crippen LogP contribution in [-0.2, 0) is 9.53 Å². The van der Waals surface area contributed by atoms with Crippen LogP contribution in [0.25, 0.3) is 0 Å². The third kappa shape index (κ3) is 4.74. The lowest BCUT2D eigenvalue weighted by Crippen LogP contribution is -2.46. The summed E-state index contributed by atoms with van der Waals surface area (Å²) in [6.07, 6.45) is 0.337. The van der Waals surface area contributed by atoms with Gasteiger partial charge in [-0.1, -0.05) is 6.07 Å². The number of hydrogen-bond donors (Lipinski definition) is 2. The smallest absolute Gasteiger partial charge is 0.315 e. The van der Waals surface area contributed by atoms with Gasteiger partial charge in [0.1, 0.15) is 0 Å². The fourth-order valence-corrected chi connectivity index (χ4v) is 3.34. The molecule has 0 saturated carbocycles. The zero-order valence-electron chi connectivity index (χ0n) is 15.6. The number of nitrogens with zero attached hydrogens (tertiary/aromatic N) is 2. The van der Waals surface area contributed by atoms with Crippen LogP contribution in [0.5, 0.6) is 0 Å². The monoisotopic (exact) mass is 360 g/mol. The molecule has 3 amide bonds. The number of aryl methyl sites for hydroxylation is 2. The van der Waals surface area contributed by atoms with Crippen LogP contribution in [0.4, 0.5) is 10.5 Å². The zero-order chi connectivity index (χ0) is 18.5. The highest BCUT2D eigenvalue weighted by Gasteiger charge is 2.31. The molecule has 0 unspecified atom stereocenters. The normalized spacial score (nSPS) is 21.1. The summed E-state index contributed by atoms with van der Waals surface area (Å²) in [6.45, 7) is 9.33. The minimum atomic E-state index is -0.210. The molecule has 1 aromatic rings. The van der Waals surface area contributed by atoms with Gasteiger partial charge < -0.3 is 20.3 Å². The fourth-order valence-electron chi connectivity index (χ4n) is 3.34. The second kappa shape index (κ2) is 8.51. The second-order valence-electron chi connectivity index (χ2n) is 7.03. The van der Waals surface area contributed by atoms with Crippen LogP contribution in [0.3, 0.4) is 0 Å². The number of nitrogens with one attached hydrogen (secondary N) is 2. The molecule has 2 aliphatic rings. The van der Waals surface area contributed by atoms with Crippen LogP contribution in [0.15, 0.2) is 18.2 Å². The Morgan fingerprint density at radius 1 is 1.23 bits per heavy atom. The van der Waals surface area contributed by atoms with Gasteiger partial charge in [0.05, 0.1) is 19.3 Å². The Hall–Kier alpha value is -2.12. The average Bonchev–Trinajstić information content (AvgIpc) is 2.98. The quantitative estimate of drug-likeness (QED) is 0.823. The van der Waals surface area contributed by atoms with Gasteiger partial charge in [-0.25, -0.2) is 4.79 Å². The first kappa shape index (κ1) is 18.7. The lowest BCUT2D eigenvalue weighted by molar-refractivity contribution is -0.117. The van der Waals surface area contributed by atoms with Crippen molar-refractivity contribution in [2.24, 2.45) is 0 Å². The molecule has 0 radical (unpaired) electrons. The maximum atomic E-state index is 12.3. The molecule has 2 aliphatic heterocycles. The number of morpholine rings is 1. The van der Waals surface area contributed by atoms with E-state index in [1.165, 1.54) is 5.56 Å². The summed E-state index contributed by atoms with van der Waals surface area (Å²) < 4.78 is 5.31.